The van der Waals surface area contributed by atoms with Gasteiger partial charge in [-0.3, -0.25) is 4.79 Å². The van der Waals surface area contributed by atoms with E-state index < -0.39 is 5.56 Å². The zero-order valence-corrected chi connectivity index (χ0v) is 15.0. The van der Waals surface area contributed by atoms with Crippen LogP contribution in [0.1, 0.15) is 11.1 Å². The molecule has 8 heteroatoms. The van der Waals surface area contributed by atoms with Crippen LogP contribution in [0.25, 0.3) is 0 Å². The Morgan fingerprint density at radius 2 is 1.88 bits per heavy atom. The molecule has 0 atom stereocenters. The Bertz CT molecular complexity index is 960. The van der Waals surface area contributed by atoms with Gasteiger partial charge in [0.15, 0.2) is 0 Å². The first kappa shape index (κ1) is 17.3. The van der Waals surface area contributed by atoms with Crippen LogP contribution in [0, 0.1) is 6.92 Å². The molecule has 2 aromatic carbocycles. The van der Waals surface area contributed by atoms with E-state index in [-0.39, 0.29) is 5.82 Å². The lowest BCUT2D eigenvalue weighted by molar-refractivity contribution is 0.705. The molecule has 3 N–H and O–H groups in total. The molecular weight excluding hydrogens is 358 g/mol. The van der Waals surface area contributed by atoms with E-state index in [0.29, 0.717) is 15.9 Å². The Morgan fingerprint density at radius 1 is 1.16 bits per heavy atom. The van der Waals surface area contributed by atoms with Crippen LogP contribution in [0.4, 0.5) is 11.5 Å². The summed E-state index contributed by atoms with van der Waals surface area (Å²) in [7, 11) is 0. The predicted octanol–water partition coefficient (Wildman–Crippen LogP) is 3.35. The molecule has 0 spiro atoms. The van der Waals surface area contributed by atoms with Crippen LogP contribution in [0.3, 0.4) is 0 Å². The van der Waals surface area contributed by atoms with Crippen molar-refractivity contribution in [2.75, 3.05) is 11.2 Å². The first-order valence-electron chi connectivity index (χ1n) is 7.50. The quantitative estimate of drug-likeness (QED) is 0.527. The number of rotatable bonds is 5. The lowest BCUT2D eigenvalue weighted by Gasteiger charge is -2.10. The summed E-state index contributed by atoms with van der Waals surface area (Å²) in [5, 5.41) is 12.0. The van der Waals surface area contributed by atoms with Gasteiger partial charge in [0.05, 0.1) is 0 Å². The monoisotopic (exact) mass is 373 g/mol. The van der Waals surface area contributed by atoms with Gasteiger partial charge in [0, 0.05) is 16.5 Å². The Morgan fingerprint density at radius 3 is 2.64 bits per heavy atom. The van der Waals surface area contributed by atoms with Crippen molar-refractivity contribution in [3.63, 3.8) is 0 Å². The number of nitrogen functional groups attached to an aromatic ring is 1. The largest absolute Gasteiger partial charge is 0.334 e. The molecule has 0 bridgehead atoms. The van der Waals surface area contributed by atoms with Crippen LogP contribution in [0.2, 0.25) is 5.02 Å². The number of thioether (sulfide) groups is 1. The second-order valence-electron chi connectivity index (χ2n) is 5.33. The summed E-state index contributed by atoms with van der Waals surface area (Å²) in [6, 6.07) is 15.1. The fourth-order valence-corrected chi connectivity index (χ4v) is 3.30. The van der Waals surface area contributed by atoms with E-state index >= 15 is 0 Å². The first-order chi connectivity index (χ1) is 12.1. The Kier molecular flexibility index (Phi) is 5.25. The fourth-order valence-electron chi connectivity index (χ4n) is 2.16. The van der Waals surface area contributed by atoms with E-state index in [1.165, 1.54) is 11.8 Å². The highest BCUT2D eigenvalue weighted by Gasteiger charge is 2.12. The van der Waals surface area contributed by atoms with Crippen molar-refractivity contribution in [1.82, 2.24) is 14.9 Å². The maximum absolute atomic E-state index is 12.4. The molecule has 0 aliphatic heterocycles. The molecule has 1 aromatic heterocycles. The number of hydrogen-bond donors (Lipinski definition) is 2. The van der Waals surface area contributed by atoms with Gasteiger partial charge in [0.25, 0.3) is 0 Å². The van der Waals surface area contributed by atoms with E-state index in [2.05, 4.69) is 15.5 Å². The number of nitrogens with two attached hydrogens (primary N) is 1. The zero-order valence-electron chi connectivity index (χ0n) is 13.4. The summed E-state index contributed by atoms with van der Waals surface area (Å²) >= 11 is 7.43. The van der Waals surface area contributed by atoms with Crippen LogP contribution >= 0.6 is 23.4 Å². The number of aryl methyl sites for hydroxylation is 1. The predicted molar refractivity (Wildman–Crippen MR) is 102 cm³/mol. The van der Waals surface area contributed by atoms with Crippen molar-refractivity contribution < 1.29 is 0 Å². The van der Waals surface area contributed by atoms with E-state index in [0.717, 1.165) is 21.5 Å². The zero-order chi connectivity index (χ0) is 17.8. The second kappa shape index (κ2) is 7.58. The molecule has 0 saturated heterocycles. The van der Waals surface area contributed by atoms with Crippen LogP contribution in [0.15, 0.2) is 58.5 Å². The molecule has 128 valence electrons. The molecule has 0 aliphatic carbocycles. The number of benzene rings is 2. The first-order valence-corrected chi connectivity index (χ1v) is 8.86. The molecule has 0 saturated carbocycles. The fraction of sp³-hybridized carbons (Fsp3) is 0.118. The summed E-state index contributed by atoms with van der Waals surface area (Å²) in [5.41, 5.74) is 2.26. The molecule has 3 aromatic rings. The number of para-hydroxylation sites is 1. The molecule has 0 fully saturated rings. The maximum Gasteiger partial charge on any atom is 0.315 e. The minimum absolute atomic E-state index is 0.0823. The standard InChI is InChI=1S/C17H16ClN5OS/c1-11-6-2-5-9-14(11)20-15-16(24)23(19)17(22-21-15)25-10-12-7-3-4-8-13(12)18/h2-9H,10,19H2,1H3,(H,20,21). The van der Waals surface area contributed by atoms with E-state index in [1.807, 2.05) is 55.5 Å². The normalized spacial score (nSPS) is 10.6. The summed E-state index contributed by atoms with van der Waals surface area (Å²) < 4.78 is 0.995. The summed E-state index contributed by atoms with van der Waals surface area (Å²) in [5.74, 6) is 6.50. The average Bonchev–Trinajstić information content (AvgIpc) is 2.61. The van der Waals surface area contributed by atoms with Gasteiger partial charge in [-0.05, 0) is 30.2 Å². The number of hydrogen-bond acceptors (Lipinski definition) is 6. The summed E-state index contributed by atoms with van der Waals surface area (Å²) in [6.07, 6.45) is 0. The molecule has 0 amide bonds. The van der Waals surface area contributed by atoms with Crippen molar-refractivity contribution in [2.45, 2.75) is 17.8 Å². The number of anilines is 2. The van der Waals surface area contributed by atoms with Crippen LogP contribution in [0.5, 0.6) is 0 Å². The van der Waals surface area contributed by atoms with Gasteiger partial charge in [-0.1, -0.05) is 59.8 Å². The maximum atomic E-state index is 12.4. The van der Waals surface area contributed by atoms with Crippen LogP contribution < -0.4 is 16.7 Å². The minimum Gasteiger partial charge on any atom is -0.334 e. The SMILES string of the molecule is Cc1ccccc1Nc1nnc(SCc2ccccc2Cl)n(N)c1=O. The molecule has 25 heavy (non-hydrogen) atoms. The Labute approximate surface area is 154 Å². The second-order valence-corrected chi connectivity index (χ2v) is 6.68. The smallest absolute Gasteiger partial charge is 0.315 e. The third-order valence-corrected chi connectivity index (χ3v) is 4.94. The molecule has 0 radical (unpaired) electrons. The van der Waals surface area contributed by atoms with E-state index in [4.69, 9.17) is 17.4 Å². The van der Waals surface area contributed by atoms with Crippen molar-refractivity contribution in [3.05, 3.63) is 75.0 Å². The molecule has 3 rings (SSSR count). The van der Waals surface area contributed by atoms with Crippen molar-refractivity contribution in [2.24, 2.45) is 0 Å². The van der Waals surface area contributed by atoms with Gasteiger partial charge in [0.1, 0.15) is 0 Å². The minimum atomic E-state index is -0.445. The third-order valence-electron chi connectivity index (χ3n) is 3.58. The van der Waals surface area contributed by atoms with Gasteiger partial charge in [0.2, 0.25) is 11.0 Å². The topological polar surface area (TPSA) is 85.8 Å². The van der Waals surface area contributed by atoms with Gasteiger partial charge in [-0.25, -0.2) is 0 Å². The molecular formula is C17H16ClN5OS. The third kappa shape index (κ3) is 3.94. The molecule has 6 nitrogen and oxygen atoms in total. The van der Waals surface area contributed by atoms with Gasteiger partial charge >= 0.3 is 5.56 Å². The van der Waals surface area contributed by atoms with Crippen LogP contribution in [-0.2, 0) is 5.75 Å². The van der Waals surface area contributed by atoms with Crippen LogP contribution in [-0.4, -0.2) is 14.9 Å². The number of aromatic nitrogens is 3. The highest BCUT2D eigenvalue weighted by atomic mass is 35.5. The highest BCUT2D eigenvalue weighted by molar-refractivity contribution is 7.98. The summed E-state index contributed by atoms with van der Waals surface area (Å²) in [4.78, 5) is 12.4. The summed E-state index contributed by atoms with van der Waals surface area (Å²) in [6.45, 7) is 1.94. The number of halogens is 1. The van der Waals surface area contributed by atoms with Gasteiger partial charge < -0.3 is 11.2 Å². The average molecular weight is 374 g/mol. The lowest BCUT2D eigenvalue weighted by atomic mass is 10.2. The van der Waals surface area contributed by atoms with E-state index in [9.17, 15) is 4.79 Å². The Hall–Kier alpha value is -2.51. The molecule has 0 unspecified atom stereocenters. The Balaban J connectivity index is 1.80. The number of nitrogens with zero attached hydrogens (tertiary/aromatic N) is 3. The molecule has 0 aliphatic rings. The van der Waals surface area contributed by atoms with Gasteiger partial charge in [-0.2, -0.15) is 4.68 Å². The lowest BCUT2D eigenvalue weighted by Crippen LogP contribution is -2.32. The highest BCUT2D eigenvalue weighted by Crippen LogP contribution is 2.24. The van der Waals surface area contributed by atoms with Crippen molar-refractivity contribution in [1.29, 1.82) is 0 Å². The van der Waals surface area contributed by atoms with Crippen molar-refractivity contribution in [3.8, 4) is 0 Å². The molecule has 1 heterocycles. The number of nitrogens with one attached hydrogen (secondary N) is 1. The van der Waals surface area contributed by atoms with E-state index in [1.54, 1.807) is 0 Å². The van der Waals surface area contributed by atoms with Gasteiger partial charge in [-0.15, -0.1) is 10.2 Å². The van der Waals surface area contributed by atoms with Crippen molar-refractivity contribution >= 4 is 34.9 Å².